The van der Waals surface area contributed by atoms with Gasteiger partial charge in [-0.2, -0.15) is 0 Å². The molecule has 2 heterocycles. The lowest BCUT2D eigenvalue weighted by Crippen LogP contribution is -1.96. The molecule has 0 amide bonds. The Labute approximate surface area is 278 Å². The first-order chi connectivity index (χ1) is 23.8. The van der Waals surface area contributed by atoms with Gasteiger partial charge in [-0.15, -0.1) is 0 Å². The number of benzene rings is 7. The molecule has 3 heteroatoms. The Morgan fingerprint density at radius 1 is 0.333 bits per heavy atom. The molecular formula is C45H29N3. The maximum Gasteiger partial charge on any atom is 0.160 e. The molecular weight excluding hydrogens is 583 g/mol. The zero-order chi connectivity index (χ0) is 31.9. The van der Waals surface area contributed by atoms with Crippen LogP contribution in [0, 0.1) is 0 Å². The summed E-state index contributed by atoms with van der Waals surface area (Å²) >= 11 is 0. The lowest BCUT2D eigenvalue weighted by atomic mass is 9.90. The van der Waals surface area contributed by atoms with Gasteiger partial charge in [-0.25, -0.2) is 9.97 Å². The van der Waals surface area contributed by atoms with Crippen LogP contribution in [0.3, 0.4) is 0 Å². The Balaban J connectivity index is 1.16. The average molecular weight is 612 g/mol. The molecule has 0 aliphatic heterocycles. The molecule has 0 N–H and O–H groups in total. The summed E-state index contributed by atoms with van der Waals surface area (Å²) in [6.07, 6.45) is 3.64. The molecule has 0 bridgehead atoms. The number of rotatable bonds is 5. The van der Waals surface area contributed by atoms with Gasteiger partial charge in [-0.05, 0) is 84.9 Å². The summed E-state index contributed by atoms with van der Waals surface area (Å²) in [6, 6.07) is 57.9. The molecule has 224 valence electrons. The average Bonchev–Trinajstić information content (AvgIpc) is 3.18. The van der Waals surface area contributed by atoms with E-state index in [-0.39, 0.29) is 0 Å². The molecule has 0 aliphatic rings. The molecule has 0 saturated heterocycles. The standard InChI is InChI=1S/C45H29N3/c1-2-10-33(11-3-1)42-29-43(48-45(47-42)37-13-8-12-35(27-37)30-23-25-46-26-24-30)34-20-17-32(18-21-34)41-28-36-22-19-31-9-4-5-14-38(31)44(36)40-16-7-6-15-39(40)41/h1-29H. The van der Waals surface area contributed by atoms with Crippen molar-refractivity contribution in [2.45, 2.75) is 0 Å². The Kier molecular flexibility index (Phi) is 6.80. The predicted molar refractivity (Wildman–Crippen MR) is 200 cm³/mol. The highest BCUT2D eigenvalue weighted by Gasteiger charge is 2.14. The second-order valence-electron chi connectivity index (χ2n) is 12.1. The third kappa shape index (κ3) is 4.99. The molecule has 0 atom stereocenters. The number of hydrogen-bond donors (Lipinski definition) is 0. The van der Waals surface area contributed by atoms with Crippen molar-refractivity contribution in [3.05, 3.63) is 176 Å². The molecule has 9 aromatic rings. The van der Waals surface area contributed by atoms with Crippen LogP contribution < -0.4 is 0 Å². The maximum atomic E-state index is 5.13. The van der Waals surface area contributed by atoms with E-state index in [0.717, 1.165) is 39.2 Å². The predicted octanol–water partition coefficient (Wildman–Crippen LogP) is 11.7. The third-order valence-electron chi connectivity index (χ3n) is 9.17. The largest absolute Gasteiger partial charge is 0.265 e. The van der Waals surface area contributed by atoms with Crippen LogP contribution in [0.2, 0.25) is 0 Å². The highest BCUT2D eigenvalue weighted by Crippen LogP contribution is 2.39. The lowest BCUT2D eigenvalue weighted by molar-refractivity contribution is 1.18. The second kappa shape index (κ2) is 11.7. The van der Waals surface area contributed by atoms with Crippen LogP contribution in [-0.4, -0.2) is 15.0 Å². The zero-order valence-electron chi connectivity index (χ0n) is 26.1. The lowest BCUT2D eigenvalue weighted by Gasteiger charge is -2.14. The van der Waals surface area contributed by atoms with Crippen molar-refractivity contribution in [2.24, 2.45) is 0 Å². The Hall–Kier alpha value is -6.45. The van der Waals surface area contributed by atoms with Gasteiger partial charge in [0.15, 0.2) is 5.82 Å². The molecule has 7 aromatic carbocycles. The third-order valence-corrected chi connectivity index (χ3v) is 9.17. The molecule has 3 nitrogen and oxygen atoms in total. The van der Waals surface area contributed by atoms with Crippen molar-refractivity contribution in [3.8, 4) is 56.2 Å². The Morgan fingerprint density at radius 3 is 1.73 bits per heavy atom. The molecule has 48 heavy (non-hydrogen) atoms. The number of fused-ring (bicyclic) bond motifs is 5. The first kappa shape index (κ1) is 27.8. The monoisotopic (exact) mass is 611 g/mol. The fourth-order valence-corrected chi connectivity index (χ4v) is 6.80. The van der Waals surface area contributed by atoms with Gasteiger partial charge in [0.2, 0.25) is 0 Å². The van der Waals surface area contributed by atoms with Gasteiger partial charge in [-0.1, -0.05) is 133 Å². The van der Waals surface area contributed by atoms with E-state index in [9.17, 15) is 0 Å². The van der Waals surface area contributed by atoms with E-state index in [1.807, 2.05) is 42.7 Å². The van der Waals surface area contributed by atoms with E-state index in [4.69, 9.17) is 9.97 Å². The maximum absolute atomic E-state index is 5.13. The SMILES string of the molecule is c1ccc(-c2cc(-c3ccc(-c4cc5ccc6ccccc6c5c5ccccc45)cc3)nc(-c3cccc(-c4ccncc4)c3)n2)cc1. The summed E-state index contributed by atoms with van der Waals surface area (Å²) in [7, 11) is 0. The van der Waals surface area contributed by atoms with Crippen LogP contribution in [0.5, 0.6) is 0 Å². The Morgan fingerprint density at radius 2 is 0.938 bits per heavy atom. The smallest absolute Gasteiger partial charge is 0.160 e. The summed E-state index contributed by atoms with van der Waals surface area (Å²) in [4.78, 5) is 14.4. The molecule has 0 aliphatic carbocycles. The molecule has 2 aromatic heterocycles. The van der Waals surface area contributed by atoms with Gasteiger partial charge in [0.05, 0.1) is 11.4 Å². The minimum absolute atomic E-state index is 0.694. The first-order valence-electron chi connectivity index (χ1n) is 16.2. The summed E-state index contributed by atoms with van der Waals surface area (Å²) < 4.78 is 0. The van der Waals surface area contributed by atoms with E-state index in [2.05, 4.69) is 138 Å². The fraction of sp³-hybridized carbons (Fsp3) is 0. The molecule has 0 unspecified atom stereocenters. The highest BCUT2D eigenvalue weighted by molar-refractivity contribution is 6.23. The van der Waals surface area contributed by atoms with Crippen LogP contribution in [0.25, 0.3) is 88.5 Å². The topological polar surface area (TPSA) is 38.7 Å². The fourth-order valence-electron chi connectivity index (χ4n) is 6.80. The van der Waals surface area contributed by atoms with Crippen LogP contribution in [0.4, 0.5) is 0 Å². The quantitative estimate of drug-likeness (QED) is 0.182. The summed E-state index contributed by atoms with van der Waals surface area (Å²) in [6.45, 7) is 0. The van der Waals surface area contributed by atoms with Gasteiger partial charge in [0, 0.05) is 29.1 Å². The van der Waals surface area contributed by atoms with Crippen LogP contribution in [0.15, 0.2) is 176 Å². The van der Waals surface area contributed by atoms with Crippen molar-refractivity contribution < 1.29 is 0 Å². The van der Waals surface area contributed by atoms with Crippen molar-refractivity contribution in [2.75, 3.05) is 0 Å². The number of pyridine rings is 1. The zero-order valence-corrected chi connectivity index (χ0v) is 26.1. The van der Waals surface area contributed by atoms with Crippen LogP contribution in [-0.2, 0) is 0 Å². The molecule has 9 rings (SSSR count). The van der Waals surface area contributed by atoms with Crippen molar-refractivity contribution in [1.82, 2.24) is 15.0 Å². The van der Waals surface area contributed by atoms with Crippen molar-refractivity contribution >= 4 is 32.3 Å². The number of aromatic nitrogens is 3. The van der Waals surface area contributed by atoms with Gasteiger partial charge in [0.1, 0.15) is 0 Å². The number of hydrogen-bond acceptors (Lipinski definition) is 3. The van der Waals surface area contributed by atoms with E-state index >= 15 is 0 Å². The molecule has 0 spiro atoms. The van der Waals surface area contributed by atoms with Crippen molar-refractivity contribution in [3.63, 3.8) is 0 Å². The minimum Gasteiger partial charge on any atom is -0.265 e. The van der Waals surface area contributed by atoms with E-state index in [1.54, 1.807) is 0 Å². The molecule has 0 saturated carbocycles. The Bertz CT molecular complexity index is 2590. The van der Waals surface area contributed by atoms with Crippen LogP contribution in [0.1, 0.15) is 0 Å². The summed E-state index contributed by atoms with van der Waals surface area (Å²) in [5.74, 6) is 0.694. The minimum atomic E-state index is 0.694. The molecule has 0 radical (unpaired) electrons. The van der Waals surface area contributed by atoms with Gasteiger partial charge in [0.25, 0.3) is 0 Å². The number of nitrogens with zero attached hydrogens (tertiary/aromatic N) is 3. The van der Waals surface area contributed by atoms with Gasteiger partial charge in [-0.3, -0.25) is 4.98 Å². The van der Waals surface area contributed by atoms with Gasteiger partial charge < -0.3 is 0 Å². The normalized spacial score (nSPS) is 11.3. The van der Waals surface area contributed by atoms with E-state index < -0.39 is 0 Å². The van der Waals surface area contributed by atoms with Crippen LogP contribution >= 0.6 is 0 Å². The van der Waals surface area contributed by atoms with E-state index in [1.165, 1.54) is 43.4 Å². The highest BCUT2D eigenvalue weighted by atomic mass is 14.9. The summed E-state index contributed by atoms with van der Waals surface area (Å²) in [5, 5.41) is 7.61. The van der Waals surface area contributed by atoms with Gasteiger partial charge >= 0.3 is 0 Å². The van der Waals surface area contributed by atoms with Crippen molar-refractivity contribution in [1.29, 1.82) is 0 Å². The second-order valence-corrected chi connectivity index (χ2v) is 12.1. The molecule has 0 fully saturated rings. The first-order valence-corrected chi connectivity index (χ1v) is 16.2. The van der Waals surface area contributed by atoms with E-state index in [0.29, 0.717) is 5.82 Å². The summed E-state index contributed by atoms with van der Waals surface area (Å²) in [5.41, 5.74) is 9.45.